The first-order valence-corrected chi connectivity index (χ1v) is 5.84. The minimum atomic E-state index is -0.00533. The molecule has 0 aromatic heterocycles. The number of amides is 2. The second kappa shape index (κ2) is 6.68. The maximum Gasteiger partial charge on any atom is 0.314 e. The third kappa shape index (κ3) is 5.84. The second-order valence-corrected chi connectivity index (χ2v) is 4.12. The van der Waals surface area contributed by atoms with Gasteiger partial charge in [0.15, 0.2) is 0 Å². The number of carbonyl (C=O) groups is 1. The molecule has 1 saturated carbocycles. The number of carbonyl (C=O) groups excluding carboxylic acids is 1. The summed E-state index contributed by atoms with van der Waals surface area (Å²) in [5, 5.41) is 5.71. The average molecular weight is 198 g/mol. The Balaban J connectivity index is 1.81. The first kappa shape index (κ1) is 11.3. The summed E-state index contributed by atoms with van der Waals surface area (Å²) >= 11 is 0. The van der Waals surface area contributed by atoms with Gasteiger partial charge in [-0.2, -0.15) is 0 Å². The van der Waals surface area contributed by atoms with E-state index >= 15 is 0 Å². The van der Waals surface area contributed by atoms with Crippen molar-refractivity contribution in [2.75, 3.05) is 13.1 Å². The molecule has 14 heavy (non-hydrogen) atoms. The molecule has 0 bridgehead atoms. The van der Waals surface area contributed by atoms with Crippen LogP contribution in [-0.2, 0) is 0 Å². The predicted octanol–water partition coefficient (Wildman–Crippen LogP) is 2.28. The quantitative estimate of drug-likeness (QED) is 0.605. The molecule has 1 rings (SSSR count). The Bertz CT molecular complexity index is 167. The molecule has 0 aromatic rings. The van der Waals surface area contributed by atoms with Crippen LogP contribution in [0.2, 0.25) is 0 Å². The minimum Gasteiger partial charge on any atom is -0.338 e. The van der Waals surface area contributed by atoms with E-state index in [4.69, 9.17) is 0 Å². The second-order valence-electron chi connectivity index (χ2n) is 4.12. The Hall–Kier alpha value is -0.730. The lowest BCUT2D eigenvalue weighted by Gasteiger charge is -2.06. The van der Waals surface area contributed by atoms with Crippen molar-refractivity contribution in [1.29, 1.82) is 0 Å². The Morgan fingerprint density at radius 3 is 2.43 bits per heavy atom. The van der Waals surface area contributed by atoms with Gasteiger partial charge in [-0.3, -0.25) is 0 Å². The summed E-state index contributed by atoms with van der Waals surface area (Å²) in [6, 6.07) is -0.00533. The van der Waals surface area contributed by atoms with Crippen LogP contribution in [0.15, 0.2) is 0 Å². The summed E-state index contributed by atoms with van der Waals surface area (Å²) in [4.78, 5) is 11.2. The van der Waals surface area contributed by atoms with Gasteiger partial charge in [0, 0.05) is 13.1 Å². The highest BCUT2D eigenvalue weighted by Crippen LogP contribution is 2.33. The molecule has 3 nitrogen and oxygen atoms in total. The first-order chi connectivity index (χ1) is 6.83. The molecule has 0 saturated heterocycles. The van der Waals surface area contributed by atoms with Crippen LogP contribution in [0.25, 0.3) is 0 Å². The number of rotatable bonds is 7. The summed E-state index contributed by atoms with van der Waals surface area (Å²) < 4.78 is 0. The van der Waals surface area contributed by atoms with Crippen molar-refractivity contribution < 1.29 is 4.79 Å². The average Bonchev–Trinajstić information content (AvgIpc) is 2.97. The SMILES string of the molecule is CCCCNC(=O)NCCCC1CC1. The van der Waals surface area contributed by atoms with Crippen molar-refractivity contribution in [2.24, 2.45) is 5.92 Å². The molecule has 1 aliphatic carbocycles. The van der Waals surface area contributed by atoms with Gasteiger partial charge in [-0.1, -0.05) is 26.2 Å². The van der Waals surface area contributed by atoms with Crippen molar-refractivity contribution in [3.63, 3.8) is 0 Å². The van der Waals surface area contributed by atoms with Gasteiger partial charge in [0.25, 0.3) is 0 Å². The zero-order chi connectivity index (χ0) is 10.2. The van der Waals surface area contributed by atoms with Crippen LogP contribution in [-0.4, -0.2) is 19.1 Å². The number of hydrogen-bond acceptors (Lipinski definition) is 1. The van der Waals surface area contributed by atoms with Gasteiger partial charge in [0.05, 0.1) is 0 Å². The maximum absolute atomic E-state index is 11.2. The lowest BCUT2D eigenvalue weighted by atomic mass is 10.2. The monoisotopic (exact) mass is 198 g/mol. The molecular formula is C11H22N2O. The molecule has 0 atom stereocenters. The molecule has 0 spiro atoms. The van der Waals surface area contributed by atoms with Crippen LogP contribution in [0.5, 0.6) is 0 Å². The molecule has 1 aliphatic rings. The maximum atomic E-state index is 11.2. The Kier molecular flexibility index (Phi) is 5.42. The smallest absolute Gasteiger partial charge is 0.314 e. The molecule has 82 valence electrons. The topological polar surface area (TPSA) is 41.1 Å². The molecule has 0 aromatic carbocycles. The number of urea groups is 1. The van der Waals surface area contributed by atoms with Crippen LogP contribution in [0.4, 0.5) is 4.79 Å². The molecule has 2 N–H and O–H groups in total. The summed E-state index contributed by atoms with van der Waals surface area (Å²) in [6.07, 6.45) is 7.42. The van der Waals surface area contributed by atoms with Gasteiger partial charge in [-0.05, 0) is 25.2 Å². The fourth-order valence-electron chi connectivity index (χ4n) is 1.44. The lowest BCUT2D eigenvalue weighted by molar-refractivity contribution is 0.240. The number of hydrogen-bond donors (Lipinski definition) is 2. The Morgan fingerprint density at radius 2 is 1.86 bits per heavy atom. The van der Waals surface area contributed by atoms with Crippen molar-refractivity contribution in [3.8, 4) is 0 Å². The van der Waals surface area contributed by atoms with Crippen molar-refractivity contribution >= 4 is 6.03 Å². The van der Waals surface area contributed by atoms with Gasteiger partial charge in [0.2, 0.25) is 0 Å². The van der Waals surface area contributed by atoms with E-state index in [2.05, 4.69) is 17.6 Å². The highest BCUT2D eigenvalue weighted by Gasteiger charge is 2.19. The molecule has 2 amide bonds. The van der Waals surface area contributed by atoms with E-state index < -0.39 is 0 Å². The van der Waals surface area contributed by atoms with Crippen molar-refractivity contribution in [2.45, 2.75) is 45.4 Å². The highest BCUT2D eigenvalue weighted by atomic mass is 16.2. The summed E-state index contributed by atoms with van der Waals surface area (Å²) in [5.41, 5.74) is 0. The van der Waals surface area contributed by atoms with E-state index in [-0.39, 0.29) is 6.03 Å². The Labute approximate surface area is 86.6 Å². The number of unbranched alkanes of at least 4 members (excludes halogenated alkanes) is 1. The fraction of sp³-hybridized carbons (Fsp3) is 0.909. The minimum absolute atomic E-state index is 0.00533. The van der Waals surface area contributed by atoms with Gasteiger partial charge < -0.3 is 10.6 Å². The van der Waals surface area contributed by atoms with Gasteiger partial charge in [0.1, 0.15) is 0 Å². The van der Waals surface area contributed by atoms with Crippen LogP contribution < -0.4 is 10.6 Å². The summed E-state index contributed by atoms with van der Waals surface area (Å²) in [5.74, 6) is 0.972. The molecule has 0 heterocycles. The van der Waals surface area contributed by atoms with E-state index in [1.165, 1.54) is 19.3 Å². The summed E-state index contributed by atoms with van der Waals surface area (Å²) in [7, 11) is 0. The summed E-state index contributed by atoms with van der Waals surface area (Å²) in [6.45, 7) is 3.74. The van der Waals surface area contributed by atoms with Gasteiger partial charge in [-0.25, -0.2) is 4.79 Å². The van der Waals surface area contributed by atoms with Crippen LogP contribution in [0.1, 0.15) is 45.4 Å². The predicted molar refractivity (Wildman–Crippen MR) is 58.3 cm³/mol. The van der Waals surface area contributed by atoms with Crippen LogP contribution in [0.3, 0.4) is 0 Å². The first-order valence-electron chi connectivity index (χ1n) is 5.84. The molecule has 3 heteroatoms. The van der Waals surface area contributed by atoms with Crippen LogP contribution in [0, 0.1) is 5.92 Å². The van der Waals surface area contributed by atoms with Crippen molar-refractivity contribution in [3.05, 3.63) is 0 Å². The third-order valence-electron chi connectivity index (χ3n) is 2.59. The zero-order valence-electron chi connectivity index (χ0n) is 9.14. The molecule has 0 radical (unpaired) electrons. The van der Waals surface area contributed by atoms with E-state index in [0.29, 0.717) is 0 Å². The van der Waals surface area contributed by atoms with Gasteiger partial charge >= 0.3 is 6.03 Å². The molecule has 0 aliphatic heterocycles. The van der Waals surface area contributed by atoms with Crippen LogP contribution >= 0.6 is 0 Å². The van der Waals surface area contributed by atoms with E-state index in [1.54, 1.807) is 0 Å². The normalized spacial score (nSPS) is 15.2. The molecule has 1 fully saturated rings. The zero-order valence-corrected chi connectivity index (χ0v) is 9.14. The largest absolute Gasteiger partial charge is 0.338 e. The van der Waals surface area contributed by atoms with E-state index in [9.17, 15) is 4.79 Å². The third-order valence-corrected chi connectivity index (χ3v) is 2.59. The van der Waals surface area contributed by atoms with Gasteiger partial charge in [-0.15, -0.1) is 0 Å². The van der Waals surface area contributed by atoms with E-state index in [1.807, 2.05) is 0 Å². The standard InChI is InChI=1S/C11H22N2O/c1-2-3-8-12-11(14)13-9-4-5-10-6-7-10/h10H,2-9H2,1H3,(H2,12,13,14). The van der Waals surface area contributed by atoms with Crippen molar-refractivity contribution in [1.82, 2.24) is 10.6 Å². The number of nitrogens with one attached hydrogen (secondary N) is 2. The van der Waals surface area contributed by atoms with E-state index in [0.717, 1.165) is 38.3 Å². The fourth-order valence-corrected chi connectivity index (χ4v) is 1.44. The Morgan fingerprint density at radius 1 is 1.21 bits per heavy atom. The highest BCUT2D eigenvalue weighted by molar-refractivity contribution is 5.73. The lowest BCUT2D eigenvalue weighted by Crippen LogP contribution is -2.36. The molecular weight excluding hydrogens is 176 g/mol. The molecule has 0 unspecified atom stereocenters.